The summed E-state index contributed by atoms with van der Waals surface area (Å²) in [5.74, 6) is -0.419. The lowest BCUT2D eigenvalue weighted by atomic mass is 10.1. The van der Waals surface area contributed by atoms with Crippen LogP contribution in [0.25, 0.3) is 0 Å². The van der Waals surface area contributed by atoms with Crippen molar-refractivity contribution in [3.05, 3.63) is 35.4 Å². The molecule has 0 saturated heterocycles. The fraction of sp³-hybridized carbons (Fsp3) is 0.550. The number of rotatable bonds is 8. The lowest BCUT2D eigenvalue weighted by Crippen LogP contribution is -2.42. The topological polar surface area (TPSA) is 87.7 Å². The third-order valence-electron chi connectivity index (χ3n) is 4.08. The van der Waals surface area contributed by atoms with E-state index >= 15 is 0 Å². The van der Waals surface area contributed by atoms with E-state index in [2.05, 4.69) is 10.6 Å². The van der Waals surface area contributed by atoms with Gasteiger partial charge in [0.05, 0.1) is 11.1 Å². The van der Waals surface area contributed by atoms with Gasteiger partial charge in [0.15, 0.2) is 0 Å². The second-order valence-electron chi connectivity index (χ2n) is 7.77. The maximum atomic E-state index is 12.3. The number of hydrogen-bond acceptors (Lipinski definition) is 5. The molecule has 148 valence electrons. The summed E-state index contributed by atoms with van der Waals surface area (Å²) in [5, 5.41) is 6.03. The molecule has 0 spiro atoms. The Morgan fingerprint density at radius 1 is 1.11 bits per heavy atom. The first-order valence-corrected chi connectivity index (χ1v) is 9.34. The van der Waals surface area contributed by atoms with Crippen LogP contribution in [-0.4, -0.2) is 54.1 Å². The van der Waals surface area contributed by atoms with E-state index in [-0.39, 0.29) is 17.9 Å². The number of imide groups is 1. The molecule has 0 aliphatic carbocycles. The summed E-state index contributed by atoms with van der Waals surface area (Å²) < 4.78 is 5.21. The molecule has 0 aromatic heterocycles. The smallest absolute Gasteiger partial charge is 0.407 e. The third-order valence-corrected chi connectivity index (χ3v) is 4.08. The van der Waals surface area contributed by atoms with Crippen molar-refractivity contribution < 1.29 is 19.1 Å². The van der Waals surface area contributed by atoms with Crippen LogP contribution in [0.2, 0.25) is 0 Å². The van der Waals surface area contributed by atoms with Gasteiger partial charge >= 0.3 is 6.09 Å². The van der Waals surface area contributed by atoms with Crippen molar-refractivity contribution in [1.29, 1.82) is 0 Å². The van der Waals surface area contributed by atoms with Crippen molar-refractivity contribution in [3.63, 3.8) is 0 Å². The van der Waals surface area contributed by atoms with Crippen LogP contribution >= 0.6 is 0 Å². The molecule has 0 radical (unpaired) electrons. The van der Waals surface area contributed by atoms with Crippen molar-refractivity contribution in [2.45, 2.75) is 52.2 Å². The van der Waals surface area contributed by atoms with Crippen molar-refractivity contribution in [1.82, 2.24) is 15.5 Å². The minimum atomic E-state index is -0.513. The number of nitrogens with zero attached hydrogens (tertiary/aromatic N) is 1. The minimum absolute atomic E-state index is 0.0592. The number of alkyl carbamates (subject to hydrolysis) is 1. The Hall–Kier alpha value is -2.41. The highest BCUT2D eigenvalue weighted by Crippen LogP contribution is 2.22. The Kier molecular flexibility index (Phi) is 6.96. The number of nitrogens with one attached hydrogen (secondary N) is 2. The maximum absolute atomic E-state index is 12.3. The molecule has 7 heteroatoms. The molecule has 0 saturated carbocycles. The van der Waals surface area contributed by atoms with Crippen LogP contribution in [0.5, 0.6) is 0 Å². The number of benzene rings is 1. The average Bonchev–Trinajstić information content (AvgIpc) is 2.81. The standard InChI is InChI=1S/C20H29N3O4/c1-14(22-19(26)27-20(2,3)4)13-21-11-7-8-12-23-17(24)15-9-5-6-10-16(15)18(23)25/h5-6,9-10,14,21H,7-8,11-13H2,1-4H3,(H,22,26)/t14-/m0/s1. The Balaban J connectivity index is 1.61. The molecule has 1 aromatic carbocycles. The summed E-state index contributed by atoms with van der Waals surface area (Å²) in [7, 11) is 0. The summed E-state index contributed by atoms with van der Waals surface area (Å²) in [6.07, 6.45) is 1.13. The molecule has 27 heavy (non-hydrogen) atoms. The molecule has 7 nitrogen and oxygen atoms in total. The van der Waals surface area contributed by atoms with Gasteiger partial charge in [0, 0.05) is 19.1 Å². The summed E-state index contributed by atoms with van der Waals surface area (Å²) in [4.78, 5) is 37.5. The molecule has 0 fully saturated rings. The molecule has 1 aliphatic rings. The fourth-order valence-electron chi connectivity index (χ4n) is 2.84. The lowest BCUT2D eigenvalue weighted by Gasteiger charge is -2.22. The van der Waals surface area contributed by atoms with Gasteiger partial charge in [-0.05, 0) is 59.2 Å². The maximum Gasteiger partial charge on any atom is 0.407 e. The number of unbranched alkanes of at least 4 members (excludes halogenated alkanes) is 1. The van der Waals surface area contributed by atoms with E-state index in [9.17, 15) is 14.4 Å². The van der Waals surface area contributed by atoms with Gasteiger partial charge in [-0.3, -0.25) is 14.5 Å². The first-order chi connectivity index (χ1) is 12.7. The van der Waals surface area contributed by atoms with Crippen molar-refractivity contribution in [3.8, 4) is 0 Å². The van der Waals surface area contributed by atoms with Crippen LogP contribution in [0.4, 0.5) is 4.79 Å². The first kappa shape index (κ1) is 20.9. The Morgan fingerprint density at radius 2 is 1.70 bits per heavy atom. The van der Waals surface area contributed by atoms with Crippen LogP contribution in [0.15, 0.2) is 24.3 Å². The van der Waals surface area contributed by atoms with E-state index in [4.69, 9.17) is 4.74 Å². The second kappa shape index (κ2) is 8.99. The quantitative estimate of drug-likeness (QED) is 0.539. The molecule has 0 bridgehead atoms. The average molecular weight is 375 g/mol. The minimum Gasteiger partial charge on any atom is -0.444 e. The zero-order valence-electron chi connectivity index (χ0n) is 16.5. The predicted molar refractivity (Wildman–Crippen MR) is 103 cm³/mol. The van der Waals surface area contributed by atoms with E-state index in [1.165, 1.54) is 4.90 Å². The summed E-state index contributed by atoms with van der Waals surface area (Å²) >= 11 is 0. The Morgan fingerprint density at radius 3 is 2.26 bits per heavy atom. The highest BCUT2D eigenvalue weighted by molar-refractivity contribution is 6.21. The number of amides is 3. The predicted octanol–water partition coefficient (Wildman–Crippen LogP) is 2.57. The number of hydrogen-bond donors (Lipinski definition) is 2. The summed E-state index contributed by atoms with van der Waals surface area (Å²) in [5.41, 5.74) is 0.465. The van der Waals surface area contributed by atoms with Crippen LogP contribution in [0.3, 0.4) is 0 Å². The molecule has 1 heterocycles. The molecular weight excluding hydrogens is 346 g/mol. The van der Waals surface area contributed by atoms with E-state index in [1.54, 1.807) is 24.3 Å². The van der Waals surface area contributed by atoms with Crippen molar-refractivity contribution in [2.75, 3.05) is 19.6 Å². The SMILES string of the molecule is C[C@@H](CNCCCCN1C(=O)c2ccccc2C1=O)NC(=O)OC(C)(C)C. The van der Waals surface area contributed by atoms with Crippen molar-refractivity contribution in [2.24, 2.45) is 0 Å². The van der Waals surface area contributed by atoms with Crippen LogP contribution < -0.4 is 10.6 Å². The molecule has 2 rings (SSSR count). The highest BCUT2D eigenvalue weighted by atomic mass is 16.6. The fourth-order valence-corrected chi connectivity index (χ4v) is 2.84. The molecule has 2 N–H and O–H groups in total. The third kappa shape index (κ3) is 6.06. The van der Waals surface area contributed by atoms with Gasteiger partial charge in [-0.1, -0.05) is 12.1 Å². The zero-order chi connectivity index (χ0) is 20.0. The van der Waals surface area contributed by atoms with Crippen LogP contribution in [0.1, 0.15) is 61.3 Å². The van der Waals surface area contributed by atoms with E-state index in [0.717, 1.165) is 19.4 Å². The summed E-state index contributed by atoms with van der Waals surface area (Å²) in [6, 6.07) is 6.86. The number of fused-ring (bicyclic) bond motifs is 1. The molecule has 0 unspecified atom stereocenters. The normalized spacial score (nSPS) is 14.9. The second-order valence-corrected chi connectivity index (χ2v) is 7.77. The van der Waals surface area contributed by atoms with Gasteiger partial charge in [-0.25, -0.2) is 4.79 Å². The van der Waals surface area contributed by atoms with Gasteiger partial charge in [0.25, 0.3) is 11.8 Å². The summed E-state index contributed by atoms with van der Waals surface area (Å²) in [6.45, 7) is 9.14. The number of carbonyl (C=O) groups is 3. The molecule has 3 amide bonds. The Labute approximate surface area is 160 Å². The Bertz CT molecular complexity index is 662. The van der Waals surface area contributed by atoms with E-state index < -0.39 is 11.7 Å². The molecule has 1 aliphatic heterocycles. The number of ether oxygens (including phenoxy) is 1. The van der Waals surface area contributed by atoms with Crippen LogP contribution in [0, 0.1) is 0 Å². The van der Waals surface area contributed by atoms with Gasteiger partial charge in [0.1, 0.15) is 5.60 Å². The van der Waals surface area contributed by atoms with E-state index in [0.29, 0.717) is 24.2 Å². The van der Waals surface area contributed by atoms with Gasteiger partial charge in [-0.15, -0.1) is 0 Å². The van der Waals surface area contributed by atoms with Gasteiger partial charge in [-0.2, -0.15) is 0 Å². The van der Waals surface area contributed by atoms with Gasteiger partial charge in [0.2, 0.25) is 0 Å². The molecule has 1 atom stereocenters. The zero-order valence-corrected chi connectivity index (χ0v) is 16.5. The van der Waals surface area contributed by atoms with Gasteiger partial charge < -0.3 is 15.4 Å². The lowest BCUT2D eigenvalue weighted by molar-refractivity contribution is 0.0507. The van der Waals surface area contributed by atoms with Crippen molar-refractivity contribution >= 4 is 17.9 Å². The van der Waals surface area contributed by atoms with Crippen LogP contribution in [-0.2, 0) is 4.74 Å². The first-order valence-electron chi connectivity index (χ1n) is 9.34. The monoisotopic (exact) mass is 375 g/mol. The highest BCUT2D eigenvalue weighted by Gasteiger charge is 2.34. The largest absolute Gasteiger partial charge is 0.444 e. The van der Waals surface area contributed by atoms with E-state index in [1.807, 2.05) is 27.7 Å². The molecule has 1 aromatic rings. The number of carbonyl (C=O) groups excluding carboxylic acids is 3. The molecular formula is C20H29N3O4.